The Morgan fingerprint density at radius 1 is 0.900 bits per heavy atom. The van der Waals surface area contributed by atoms with Gasteiger partial charge >= 0.3 is 5.97 Å². The van der Waals surface area contributed by atoms with Gasteiger partial charge in [0.25, 0.3) is 0 Å². The van der Waals surface area contributed by atoms with Crippen LogP contribution in [-0.2, 0) is 9.59 Å². The monoisotopic (exact) mass is 280 g/mol. The van der Waals surface area contributed by atoms with Crippen LogP contribution in [0, 0.1) is 0 Å². The van der Waals surface area contributed by atoms with Crippen molar-refractivity contribution in [2.24, 2.45) is 0 Å². The maximum Gasteiger partial charge on any atom is 0.303 e. The van der Waals surface area contributed by atoms with Gasteiger partial charge in [-0.3, -0.25) is 14.4 Å². The molecule has 0 heterocycles. The number of hydrogen-bond donors (Lipinski definition) is 1. The first kappa shape index (κ1) is 20.3. The molecule has 4 heteroatoms. The van der Waals surface area contributed by atoms with E-state index in [0.717, 1.165) is 0 Å². The van der Waals surface area contributed by atoms with E-state index in [1.54, 1.807) is 30.3 Å². The molecule has 0 saturated heterocycles. The second kappa shape index (κ2) is 13.5. The molecule has 1 aromatic rings. The zero-order chi connectivity index (χ0) is 16.0. The Hall–Kier alpha value is -1.97. The number of ketones is 2. The highest BCUT2D eigenvalue weighted by Gasteiger charge is 2.12. The molecule has 0 aliphatic heterocycles. The van der Waals surface area contributed by atoms with Gasteiger partial charge in [-0.25, -0.2) is 0 Å². The number of rotatable bonds is 6. The van der Waals surface area contributed by atoms with Gasteiger partial charge in [0.2, 0.25) is 0 Å². The second-order valence-electron chi connectivity index (χ2n) is 3.40. The number of Topliss-reactive ketones (excluding diaryl/α,β-unsaturated/α-hetero) is 2. The van der Waals surface area contributed by atoms with Crippen molar-refractivity contribution >= 4 is 17.5 Å². The van der Waals surface area contributed by atoms with Crippen molar-refractivity contribution in [3.63, 3.8) is 0 Å². The standard InChI is InChI=1S/C12H12O4.2C2H6/c13-10(6-7-12(15)16)8-11(14)9-4-2-1-3-5-9;2*1-2/h1-5H,6-8H2,(H,15,16);2*1-2H3. The lowest BCUT2D eigenvalue weighted by atomic mass is 10.0. The fourth-order valence-electron chi connectivity index (χ4n) is 1.24. The first-order valence-electron chi connectivity index (χ1n) is 6.91. The van der Waals surface area contributed by atoms with Crippen LogP contribution in [0.5, 0.6) is 0 Å². The third kappa shape index (κ3) is 10.00. The zero-order valence-electron chi connectivity index (χ0n) is 12.7. The Balaban J connectivity index is 0. The van der Waals surface area contributed by atoms with Crippen LogP contribution in [0.25, 0.3) is 0 Å². The minimum Gasteiger partial charge on any atom is -0.481 e. The fraction of sp³-hybridized carbons (Fsp3) is 0.438. The van der Waals surface area contributed by atoms with Crippen molar-refractivity contribution in [2.45, 2.75) is 47.0 Å². The summed E-state index contributed by atoms with van der Waals surface area (Å²) in [7, 11) is 0. The van der Waals surface area contributed by atoms with Gasteiger partial charge in [0, 0.05) is 12.0 Å². The van der Waals surface area contributed by atoms with E-state index in [1.807, 2.05) is 27.7 Å². The minimum atomic E-state index is -1.03. The van der Waals surface area contributed by atoms with Gasteiger partial charge in [-0.1, -0.05) is 58.0 Å². The van der Waals surface area contributed by atoms with E-state index in [-0.39, 0.29) is 30.8 Å². The summed E-state index contributed by atoms with van der Waals surface area (Å²) in [6.45, 7) is 8.00. The number of carbonyl (C=O) groups excluding carboxylic acids is 2. The molecule has 0 aliphatic carbocycles. The van der Waals surface area contributed by atoms with Gasteiger partial charge in [0.1, 0.15) is 5.78 Å². The van der Waals surface area contributed by atoms with E-state index < -0.39 is 5.97 Å². The Labute approximate surface area is 120 Å². The summed E-state index contributed by atoms with van der Waals surface area (Å²) < 4.78 is 0. The largest absolute Gasteiger partial charge is 0.481 e. The predicted molar refractivity (Wildman–Crippen MR) is 80.0 cm³/mol. The van der Waals surface area contributed by atoms with E-state index in [9.17, 15) is 14.4 Å². The molecule has 1 aromatic carbocycles. The summed E-state index contributed by atoms with van der Waals surface area (Å²) in [6, 6.07) is 8.48. The molecular formula is C16H24O4. The van der Waals surface area contributed by atoms with Crippen molar-refractivity contribution in [1.29, 1.82) is 0 Å². The normalized spacial score (nSPS) is 8.40. The van der Waals surface area contributed by atoms with Gasteiger partial charge in [-0.15, -0.1) is 0 Å². The molecule has 112 valence electrons. The van der Waals surface area contributed by atoms with Crippen molar-refractivity contribution < 1.29 is 19.5 Å². The summed E-state index contributed by atoms with van der Waals surface area (Å²) >= 11 is 0. The molecule has 20 heavy (non-hydrogen) atoms. The maximum absolute atomic E-state index is 11.5. The predicted octanol–water partition coefficient (Wildman–Crippen LogP) is 3.75. The summed E-state index contributed by atoms with van der Waals surface area (Å²) in [5.74, 6) is -1.63. The highest BCUT2D eigenvalue weighted by Crippen LogP contribution is 2.05. The van der Waals surface area contributed by atoms with Crippen molar-refractivity contribution in [2.75, 3.05) is 0 Å². The molecule has 0 aromatic heterocycles. The first-order chi connectivity index (χ1) is 9.59. The average molecular weight is 280 g/mol. The molecule has 0 aliphatic rings. The highest BCUT2D eigenvalue weighted by molar-refractivity contribution is 6.08. The molecule has 1 N–H and O–H groups in total. The topological polar surface area (TPSA) is 71.4 Å². The molecule has 0 amide bonds. The number of carboxylic acid groups (broad SMARTS) is 1. The van der Waals surface area contributed by atoms with Crippen molar-refractivity contribution in [1.82, 2.24) is 0 Å². The highest BCUT2D eigenvalue weighted by atomic mass is 16.4. The Morgan fingerprint density at radius 3 is 1.85 bits per heavy atom. The van der Waals surface area contributed by atoms with Crippen LogP contribution in [0.2, 0.25) is 0 Å². The lowest BCUT2D eigenvalue weighted by Gasteiger charge is -1.99. The molecule has 4 nitrogen and oxygen atoms in total. The summed E-state index contributed by atoms with van der Waals surface area (Å²) in [5, 5.41) is 8.38. The first-order valence-corrected chi connectivity index (χ1v) is 6.91. The quantitative estimate of drug-likeness (QED) is 0.636. The molecular weight excluding hydrogens is 256 g/mol. The van der Waals surface area contributed by atoms with Crippen LogP contribution in [0.4, 0.5) is 0 Å². The van der Waals surface area contributed by atoms with Gasteiger partial charge in [-0.2, -0.15) is 0 Å². The lowest BCUT2D eigenvalue weighted by molar-refractivity contribution is -0.138. The third-order valence-electron chi connectivity index (χ3n) is 2.07. The molecule has 0 fully saturated rings. The Morgan fingerprint density at radius 2 is 1.40 bits per heavy atom. The van der Waals surface area contributed by atoms with Gasteiger partial charge in [-0.05, 0) is 0 Å². The van der Waals surface area contributed by atoms with E-state index in [4.69, 9.17) is 5.11 Å². The SMILES string of the molecule is CC.CC.O=C(O)CCC(=O)CC(=O)c1ccccc1. The van der Waals surface area contributed by atoms with E-state index >= 15 is 0 Å². The van der Waals surface area contributed by atoms with Gasteiger partial charge < -0.3 is 5.11 Å². The molecule has 0 atom stereocenters. The molecule has 0 bridgehead atoms. The van der Waals surface area contributed by atoms with Gasteiger partial charge in [0.15, 0.2) is 5.78 Å². The van der Waals surface area contributed by atoms with Crippen LogP contribution >= 0.6 is 0 Å². The lowest BCUT2D eigenvalue weighted by Crippen LogP contribution is -2.09. The second-order valence-corrected chi connectivity index (χ2v) is 3.40. The molecule has 0 radical (unpaired) electrons. The number of carbonyl (C=O) groups is 3. The van der Waals surface area contributed by atoms with E-state index in [2.05, 4.69) is 0 Å². The number of aliphatic carboxylic acids is 1. The Bertz CT molecular complexity index is 396. The summed E-state index contributed by atoms with van der Waals surface area (Å²) in [5.41, 5.74) is 0.478. The number of benzene rings is 1. The number of hydrogen-bond acceptors (Lipinski definition) is 3. The van der Waals surface area contributed by atoms with Crippen LogP contribution < -0.4 is 0 Å². The van der Waals surface area contributed by atoms with Crippen LogP contribution in [0.3, 0.4) is 0 Å². The molecule has 0 unspecified atom stereocenters. The Kier molecular flexibility index (Phi) is 13.7. The van der Waals surface area contributed by atoms with Crippen molar-refractivity contribution in [3.05, 3.63) is 35.9 Å². The molecule has 0 spiro atoms. The minimum absolute atomic E-state index is 0.0894. The molecule has 1 rings (SSSR count). The van der Waals surface area contributed by atoms with Crippen molar-refractivity contribution in [3.8, 4) is 0 Å². The van der Waals surface area contributed by atoms with Gasteiger partial charge in [0.05, 0.1) is 12.8 Å². The number of carboxylic acids is 1. The fourth-order valence-corrected chi connectivity index (χ4v) is 1.24. The summed E-state index contributed by atoms with van der Waals surface area (Å²) in [4.78, 5) is 33.0. The zero-order valence-corrected chi connectivity index (χ0v) is 12.7. The van der Waals surface area contributed by atoms with Crippen LogP contribution in [0.15, 0.2) is 30.3 Å². The van der Waals surface area contributed by atoms with E-state index in [1.165, 1.54) is 0 Å². The third-order valence-corrected chi connectivity index (χ3v) is 2.07. The average Bonchev–Trinajstić information content (AvgIpc) is 2.50. The molecule has 0 saturated carbocycles. The summed E-state index contributed by atoms with van der Waals surface area (Å²) in [6.07, 6.45) is -0.536. The van der Waals surface area contributed by atoms with Crippen LogP contribution in [0.1, 0.15) is 57.3 Å². The van der Waals surface area contributed by atoms with Crippen LogP contribution in [-0.4, -0.2) is 22.6 Å². The smallest absolute Gasteiger partial charge is 0.303 e. The van der Waals surface area contributed by atoms with E-state index in [0.29, 0.717) is 5.56 Å². The maximum atomic E-state index is 11.5.